The number of fused-ring (bicyclic) bond motifs is 3. The molecule has 2 aromatic carbocycles. The van der Waals surface area contributed by atoms with Crippen LogP contribution < -0.4 is 10.6 Å². The maximum Gasteiger partial charge on any atom is 0.407 e. The molecule has 1 fully saturated rings. The Morgan fingerprint density at radius 1 is 1.06 bits per heavy atom. The molecule has 9 heteroatoms. The van der Waals surface area contributed by atoms with Gasteiger partial charge in [0.15, 0.2) is 6.10 Å². The highest BCUT2D eigenvalue weighted by atomic mass is 16.6. The molecule has 4 rings (SSSR count). The molecule has 2 aromatic rings. The SMILES string of the molecule is O=C(NC1CCOC1C(=O)NC(CO)C(=O)O)OCC1c2ccccc2-c2ccccc21. The Kier molecular flexibility index (Phi) is 6.38. The first-order valence-electron chi connectivity index (χ1n) is 10.4. The summed E-state index contributed by atoms with van der Waals surface area (Å²) < 4.78 is 10.9. The monoisotopic (exact) mass is 440 g/mol. The van der Waals surface area contributed by atoms with Crippen LogP contribution >= 0.6 is 0 Å². The third-order valence-corrected chi connectivity index (χ3v) is 5.79. The van der Waals surface area contributed by atoms with Crippen molar-refractivity contribution in [1.82, 2.24) is 10.6 Å². The van der Waals surface area contributed by atoms with Crippen molar-refractivity contribution in [1.29, 1.82) is 0 Å². The van der Waals surface area contributed by atoms with E-state index in [1.54, 1.807) is 0 Å². The fraction of sp³-hybridized carbons (Fsp3) is 0.348. The van der Waals surface area contributed by atoms with Crippen molar-refractivity contribution in [2.24, 2.45) is 0 Å². The number of aliphatic hydroxyl groups is 1. The number of hydrogen-bond acceptors (Lipinski definition) is 6. The lowest BCUT2D eigenvalue weighted by Crippen LogP contribution is -2.53. The second kappa shape index (κ2) is 9.37. The van der Waals surface area contributed by atoms with Crippen molar-refractivity contribution in [3.05, 3.63) is 59.7 Å². The van der Waals surface area contributed by atoms with Crippen molar-refractivity contribution in [2.45, 2.75) is 30.5 Å². The number of hydrogen-bond donors (Lipinski definition) is 4. The quantitative estimate of drug-likeness (QED) is 0.509. The number of carbonyl (C=O) groups is 3. The maximum absolute atomic E-state index is 12.5. The average molecular weight is 440 g/mol. The highest BCUT2D eigenvalue weighted by Gasteiger charge is 2.37. The topological polar surface area (TPSA) is 134 Å². The lowest BCUT2D eigenvalue weighted by molar-refractivity contribution is -0.145. The van der Waals surface area contributed by atoms with Gasteiger partial charge in [0, 0.05) is 12.5 Å². The molecule has 1 aliphatic heterocycles. The summed E-state index contributed by atoms with van der Waals surface area (Å²) in [6, 6.07) is 13.9. The summed E-state index contributed by atoms with van der Waals surface area (Å²) in [7, 11) is 0. The first kappa shape index (κ1) is 21.8. The molecular weight excluding hydrogens is 416 g/mol. The largest absolute Gasteiger partial charge is 0.480 e. The van der Waals surface area contributed by atoms with Gasteiger partial charge in [-0.2, -0.15) is 0 Å². The van der Waals surface area contributed by atoms with Gasteiger partial charge in [-0.1, -0.05) is 48.5 Å². The van der Waals surface area contributed by atoms with E-state index >= 15 is 0 Å². The Hall–Kier alpha value is -3.43. The van der Waals surface area contributed by atoms with E-state index in [0.717, 1.165) is 22.3 Å². The van der Waals surface area contributed by atoms with Crippen LogP contribution in [0.15, 0.2) is 48.5 Å². The van der Waals surface area contributed by atoms with Crippen LogP contribution in [0.25, 0.3) is 11.1 Å². The Labute approximate surface area is 184 Å². The van der Waals surface area contributed by atoms with Crippen molar-refractivity contribution in [3.63, 3.8) is 0 Å². The summed E-state index contributed by atoms with van der Waals surface area (Å²) in [5, 5.41) is 22.9. The summed E-state index contributed by atoms with van der Waals surface area (Å²) in [5.74, 6) is -2.17. The molecule has 168 valence electrons. The summed E-state index contributed by atoms with van der Waals surface area (Å²) in [4.78, 5) is 35.9. The van der Waals surface area contributed by atoms with Crippen LogP contribution in [0.5, 0.6) is 0 Å². The van der Waals surface area contributed by atoms with Crippen LogP contribution in [0.4, 0.5) is 4.79 Å². The van der Waals surface area contributed by atoms with Gasteiger partial charge in [0.25, 0.3) is 5.91 Å². The van der Waals surface area contributed by atoms with E-state index in [2.05, 4.69) is 10.6 Å². The highest BCUT2D eigenvalue weighted by Crippen LogP contribution is 2.44. The number of rotatable bonds is 7. The Bertz CT molecular complexity index is 979. The lowest BCUT2D eigenvalue weighted by Gasteiger charge is -2.21. The van der Waals surface area contributed by atoms with Crippen LogP contribution in [0.1, 0.15) is 23.5 Å². The van der Waals surface area contributed by atoms with E-state index in [-0.39, 0.29) is 19.1 Å². The molecule has 3 unspecified atom stereocenters. The molecular formula is C23H24N2O7. The summed E-state index contributed by atoms with van der Waals surface area (Å²) in [6.45, 7) is -0.391. The summed E-state index contributed by atoms with van der Waals surface area (Å²) >= 11 is 0. The first-order valence-corrected chi connectivity index (χ1v) is 10.4. The molecule has 3 atom stereocenters. The molecule has 0 saturated carbocycles. The van der Waals surface area contributed by atoms with E-state index < -0.39 is 42.8 Å². The van der Waals surface area contributed by atoms with Gasteiger partial charge in [0.1, 0.15) is 12.6 Å². The molecule has 1 saturated heterocycles. The van der Waals surface area contributed by atoms with Crippen LogP contribution in [-0.4, -0.2) is 66.2 Å². The van der Waals surface area contributed by atoms with Crippen LogP contribution in [-0.2, 0) is 19.1 Å². The summed E-state index contributed by atoms with van der Waals surface area (Å²) in [5.41, 5.74) is 4.42. The average Bonchev–Trinajstić information content (AvgIpc) is 3.38. The van der Waals surface area contributed by atoms with Crippen LogP contribution in [0.3, 0.4) is 0 Å². The third-order valence-electron chi connectivity index (χ3n) is 5.79. The predicted octanol–water partition coefficient (Wildman–Crippen LogP) is 1.24. The molecule has 4 N–H and O–H groups in total. The number of nitrogens with one attached hydrogen (secondary N) is 2. The molecule has 1 heterocycles. The lowest BCUT2D eigenvalue weighted by atomic mass is 9.98. The van der Waals surface area contributed by atoms with E-state index in [1.165, 1.54) is 0 Å². The van der Waals surface area contributed by atoms with Crippen LogP contribution in [0.2, 0.25) is 0 Å². The van der Waals surface area contributed by atoms with Gasteiger partial charge < -0.3 is 30.3 Å². The predicted molar refractivity (Wildman–Crippen MR) is 113 cm³/mol. The zero-order chi connectivity index (χ0) is 22.7. The number of carboxylic acids is 1. The van der Waals surface area contributed by atoms with E-state index in [0.29, 0.717) is 6.42 Å². The van der Waals surface area contributed by atoms with Gasteiger partial charge in [-0.3, -0.25) is 4.79 Å². The smallest absolute Gasteiger partial charge is 0.407 e. The number of carboxylic acid groups (broad SMARTS) is 1. The van der Waals surface area contributed by atoms with E-state index in [4.69, 9.17) is 19.7 Å². The fourth-order valence-corrected chi connectivity index (χ4v) is 4.23. The Morgan fingerprint density at radius 3 is 2.28 bits per heavy atom. The molecule has 9 nitrogen and oxygen atoms in total. The molecule has 32 heavy (non-hydrogen) atoms. The molecule has 1 aliphatic carbocycles. The van der Waals surface area contributed by atoms with E-state index in [9.17, 15) is 14.4 Å². The number of carbonyl (C=O) groups excluding carboxylic acids is 2. The Balaban J connectivity index is 1.37. The molecule has 0 spiro atoms. The minimum atomic E-state index is -1.44. The van der Waals surface area contributed by atoms with Gasteiger partial charge in [-0.25, -0.2) is 9.59 Å². The second-order valence-electron chi connectivity index (χ2n) is 7.74. The van der Waals surface area contributed by atoms with Crippen molar-refractivity contribution >= 4 is 18.0 Å². The van der Waals surface area contributed by atoms with Gasteiger partial charge in [-0.15, -0.1) is 0 Å². The summed E-state index contributed by atoms with van der Waals surface area (Å²) in [6.07, 6.45) is -1.37. The molecule has 2 amide bonds. The van der Waals surface area contributed by atoms with Crippen molar-refractivity contribution in [3.8, 4) is 11.1 Å². The number of aliphatic hydroxyl groups excluding tert-OH is 1. The molecule has 0 aromatic heterocycles. The number of benzene rings is 2. The van der Waals surface area contributed by atoms with Crippen molar-refractivity contribution in [2.75, 3.05) is 19.8 Å². The zero-order valence-corrected chi connectivity index (χ0v) is 17.2. The number of ether oxygens (including phenoxy) is 2. The maximum atomic E-state index is 12.5. The zero-order valence-electron chi connectivity index (χ0n) is 17.2. The number of aliphatic carboxylic acids is 1. The van der Waals surface area contributed by atoms with Crippen LogP contribution in [0, 0.1) is 0 Å². The number of alkyl carbamates (subject to hydrolysis) is 1. The normalized spacial score (nSPS) is 20.2. The minimum Gasteiger partial charge on any atom is -0.480 e. The number of amides is 2. The van der Waals surface area contributed by atoms with Gasteiger partial charge in [0.05, 0.1) is 12.6 Å². The molecule has 0 radical (unpaired) electrons. The highest BCUT2D eigenvalue weighted by molar-refractivity contribution is 5.87. The second-order valence-corrected chi connectivity index (χ2v) is 7.74. The standard InChI is InChI=1S/C23H24N2O7/c26-11-19(22(28)29)24-21(27)20-18(9-10-31-20)25-23(30)32-12-17-15-7-3-1-5-13(15)14-6-2-4-8-16(14)17/h1-8,17-20,26H,9-12H2,(H,24,27)(H,25,30)(H,28,29). The minimum absolute atomic E-state index is 0.0899. The molecule has 0 bridgehead atoms. The van der Waals surface area contributed by atoms with Gasteiger partial charge >= 0.3 is 12.1 Å². The van der Waals surface area contributed by atoms with Gasteiger partial charge in [0.2, 0.25) is 0 Å². The van der Waals surface area contributed by atoms with Crippen molar-refractivity contribution < 1.29 is 34.1 Å². The third kappa shape index (κ3) is 4.30. The Morgan fingerprint density at radius 2 is 1.69 bits per heavy atom. The van der Waals surface area contributed by atoms with E-state index in [1.807, 2.05) is 48.5 Å². The first-order chi connectivity index (χ1) is 15.5. The molecule has 2 aliphatic rings. The fourth-order valence-electron chi connectivity index (χ4n) is 4.23. The van der Waals surface area contributed by atoms with Gasteiger partial charge in [-0.05, 0) is 28.7 Å².